The molecule has 21 heavy (non-hydrogen) atoms. The molecule has 1 aliphatic rings. The third kappa shape index (κ3) is 3.90. The van der Waals surface area contributed by atoms with Gasteiger partial charge in [-0.3, -0.25) is 14.4 Å². The number of nitrogens with one attached hydrogen (secondary N) is 1. The van der Waals surface area contributed by atoms with E-state index in [1.165, 1.54) is 18.1 Å². The number of carboxylic acids is 1. The third-order valence-corrected chi connectivity index (χ3v) is 3.75. The molecule has 5 nitrogen and oxygen atoms in total. The van der Waals surface area contributed by atoms with Gasteiger partial charge in [0, 0.05) is 18.4 Å². The summed E-state index contributed by atoms with van der Waals surface area (Å²) in [4.78, 5) is 34.2. The first kappa shape index (κ1) is 15.2. The highest BCUT2D eigenvalue weighted by atomic mass is 16.4. The summed E-state index contributed by atoms with van der Waals surface area (Å²) in [6, 6.07) is 4.78. The molecule has 0 bridgehead atoms. The summed E-state index contributed by atoms with van der Waals surface area (Å²) in [6.45, 7) is 1.39. The maximum Gasteiger partial charge on any atom is 0.325 e. The number of rotatable bonds is 6. The maximum atomic E-state index is 12.1. The first-order valence-electron chi connectivity index (χ1n) is 7.14. The van der Waals surface area contributed by atoms with Gasteiger partial charge in [0.15, 0.2) is 5.78 Å². The predicted octanol–water partition coefficient (Wildman–Crippen LogP) is 1.73. The van der Waals surface area contributed by atoms with E-state index in [2.05, 4.69) is 5.32 Å². The number of Topliss-reactive ketones (excluding diaryl/α,β-unsaturated/α-hetero) is 1. The Hall–Kier alpha value is -2.17. The van der Waals surface area contributed by atoms with Gasteiger partial charge in [0.1, 0.15) is 6.04 Å². The van der Waals surface area contributed by atoms with Crippen molar-refractivity contribution in [1.82, 2.24) is 5.32 Å². The number of fused-ring (bicyclic) bond motifs is 1. The molecule has 112 valence electrons. The summed E-state index contributed by atoms with van der Waals surface area (Å²) in [5.74, 6) is -1.59. The van der Waals surface area contributed by atoms with Gasteiger partial charge in [-0.05, 0) is 43.4 Å². The number of hydrogen-bond acceptors (Lipinski definition) is 3. The van der Waals surface area contributed by atoms with Crippen LogP contribution in [-0.4, -0.2) is 28.8 Å². The van der Waals surface area contributed by atoms with Crippen LogP contribution in [0.4, 0.5) is 0 Å². The lowest BCUT2D eigenvalue weighted by molar-refractivity contribution is -0.141. The van der Waals surface area contributed by atoms with Crippen LogP contribution in [-0.2, 0) is 22.4 Å². The van der Waals surface area contributed by atoms with Crippen molar-refractivity contribution in [3.63, 3.8) is 0 Å². The Morgan fingerprint density at radius 3 is 2.62 bits per heavy atom. The predicted molar refractivity (Wildman–Crippen MR) is 77.3 cm³/mol. The number of hydrogen-bond donors (Lipinski definition) is 2. The van der Waals surface area contributed by atoms with Gasteiger partial charge >= 0.3 is 5.97 Å². The summed E-state index contributed by atoms with van der Waals surface area (Å²) in [5.41, 5.74) is 3.17. The lowest BCUT2D eigenvalue weighted by atomic mass is 10.0. The van der Waals surface area contributed by atoms with Gasteiger partial charge in [0.05, 0.1) is 0 Å². The molecule has 0 fully saturated rings. The average molecular weight is 289 g/mol. The molecule has 1 aliphatic carbocycles. The first-order valence-corrected chi connectivity index (χ1v) is 7.14. The Balaban J connectivity index is 1.87. The van der Waals surface area contributed by atoms with E-state index < -0.39 is 17.9 Å². The number of benzene rings is 1. The van der Waals surface area contributed by atoms with E-state index in [1.54, 1.807) is 0 Å². The molecule has 0 radical (unpaired) electrons. The van der Waals surface area contributed by atoms with Crippen LogP contribution in [0.2, 0.25) is 0 Å². The number of carbonyl (C=O) groups excluding carboxylic acids is 2. The highest BCUT2D eigenvalue weighted by Gasteiger charge is 2.17. The minimum Gasteiger partial charge on any atom is -0.480 e. The number of aliphatic carboxylic acids is 1. The second-order valence-electron chi connectivity index (χ2n) is 5.39. The number of amides is 1. The molecular formula is C16H19NO4. The van der Waals surface area contributed by atoms with Crippen molar-refractivity contribution in [2.45, 2.75) is 45.1 Å². The van der Waals surface area contributed by atoms with Crippen LogP contribution in [0, 0.1) is 0 Å². The number of carboxylic acid groups (broad SMARTS) is 1. The molecule has 0 aliphatic heterocycles. The molecule has 1 aromatic carbocycles. The zero-order chi connectivity index (χ0) is 15.4. The van der Waals surface area contributed by atoms with Crippen LogP contribution < -0.4 is 5.32 Å². The highest BCUT2D eigenvalue weighted by Crippen LogP contribution is 2.23. The Bertz CT molecular complexity index is 580. The van der Waals surface area contributed by atoms with Crippen molar-refractivity contribution in [2.75, 3.05) is 0 Å². The van der Waals surface area contributed by atoms with E-state index in [9.17, 15) is 14.4 Å². The Kier molecular flexibility index (Phi) is 4.73. The summed E-state index contributed by atoms with van der Waals surface area (Å²) in [6.07, 6.45) is 3.30. The fourth-order valence-electron chi connectivity index (χ4n) is 2.49. The van der Waals surface area contributed by atoms with Gasteiger partial charge in [-0.1, -0.05) is 12.1 Å². The van der Waals surface area contributed by atoms with E-state index in [4.69, 9.17) is 5.11 Å². The Morgan fingerprint density at radius 2 is 1.90 bits per heavy atom. The number of aryl methyl sites for hydroxylation is 2. The van der Waals surface area contributed by atoms with Crippen molar-refractivity contribution in [3.8, 4) is 0 Å². The first-order chi connectivity index (χ1) is 9.97. The van der Waals surface area contributed by atoms with Crippen LogP contribution in [0.15, 0.2) is 18.2 Å². The van der Waals surface area contributed by atoms with Gasteiger partial charge < -0.3 is 10.4 Å². The van der Waals surface area contributed by atoms with Crippen molar-refractivity contribution >= 4 is 17.7 Å². The molecule has 0 unspecified atom stereocenters. The van der Waals surface area contributed by atoms with E-state index in [0.29, 0.717) is 5.56 Å². The van der Waals surface area contributed by atoms with E-state index in [0.717, 1.165) is 19.3 Å². The molecule has 0 saturated carbocycles. The fraction of sp³-hybridized carbons (Fsp3) is 0.438. The number of ketones is 1. The van der Waals surface area contributed by atoms with Crippen molar-refractivity contribution in [3.05, 3.63) is 34.9 Å². The van der Waals surface area contributed by atoms with Gasteiger partial charge in [0.25, 0.3) is 0 Å². The molecule has 2 rings (SSSR count). The summed E-state index contributed by atoms with van der Waals surface area (Å²) in [7, 11) is 0. The van der Waals surface area contributed by atoms with E-state index in [-0.39, 0.29) is 18.6 Å². The van der Waals surface area contributed by atoms with Crippen molar-refractivity contribution < 1.29 is 19.5 Å². The lowest BCUT2D eigenvalue weighted by Gasteiger charge is -2.09. The smallest absolute Gasteiger partial charge is 0.325 e. The summed E-state index contributed by atoms with van der Waals surface area (Å²) >= 11 is 0. The minimum atomic E-state index is -1.09. The third-order valence-electron chi connectivity index (χ3n) is 3.75. The second kappa shape index (κ2) is 6.52. The van der Waals surface area contributed by atoms with Crippen molar-refractivity contribution in [2.24, 2.45) is 0 Å². The second-order valence-corrected chi connectivity index (χ2v) is 5.39. The quantitative estimate of drug-likeness (QED) is 0.781. The van der Waals surface area contributed by atoms with Crippen LogP contribution in [0.1, 0.15) is 47.7 Å². The van der Waals surface area contributed by atoms with Gasteiger partial charge in [0.2, 0.25) is 5.91 Å². The fourth-order valence-corrected chi connectivity index (χ4v) is 2.49. The molecule has 5 heteroatoms. The molecular weight excluding hydrogens is 270 g/mol. The summed E-state index contributed by atoms with van der Waals surface area (Å²) in [5, 5.41) is 11.0. The van der Waals surface area contributed by atoms with Gasteiger partial charge in [-0.15, -0.1) is 0 Å². The molecule has 1 aromatic rings. The van der Waals surface area contributed by atoms with Crippen molar-refractivity contribution in [1.29, 1.82) is 0 Å². The summed E-state index contributed by atoms with van der Waals surface area (Å²) < 4.78 is 0. The number of carbonyl (C=O) groups is 3. The highest BCUT2D eigenvalue weighted by molar-refractivity contribution is 5.98. The van der Waals surface area contributed by atoms with E-state index >= 15 is 0 Å². The van der Waals surface area contributed by atoms with Crippen LogP contribution >= 0.6 is 0 Å². The standard InChI is InChI=1S/C16H19NO4/c1-10(16(20)21)17-15(19)8-7-14(18)13-6-5-11-3-2-4-12(11)9-13/h5-6,9-10H,2-4,7-8H2,1H3,(H,17,19)(H,20,21)/t10-/m1/s1. The molecule has 1 atom stereocenters. The topological polar surface area (TPSA) is 83.5 Å². The molecule has 2 N–H and O–H groups in total. The normalized spacial score (nSPS) is 14.3. The van der Waals surface area contributed by atoms with E-state index in [1.807, 2.05) is 18.2 Å². The average Bonchev–Trinajstić information content (AvgIpc) is 2.91. The molecule has 1 amide bonds. The maximum absolute atomic E-state index is 12.1. The minimum absolute atomic E-state index is 0.00748. The van der Waals surface area contributed by atoms with Crippen LogP contribution in [0.3, 0.4) is 0 Å². The van der Waals surface area contributed by atoms with Gasteiger partial charge in [-0.2, -0.15) is 0 Å². The lowest BCUT2D eigenvalue weighted by Crippen LogP contribution is -2.38. The SMILES string of the molecule is C[C@@H](NC(=O)CCC(=O)c1ccc2c(c1)CCC2)C(=O)O. The molecule has 0 aromatic heterocycles. The monoisotopic (exact) mass is 289 g/mol. The zero-order valence-electron chi connectivity index (χ0n) is 12.0. The molecule has 0 spiro atoms. The molecule has 0 heterocycles. The van der Waals surface area contributed by atoms with Crippen LogP contribution in [0.25, 0.3) is 0 Å². The Morgan fingerprint density at radius 1 is 1.19 bits per heavy atom. The largest absolute Gasteiger partial charge is 0.480 e. The zero-order valence-corrected chi connectivity index (χ0v) is 12.0. The Labute approximate surface area is 123 Å². The van der Waals surface area contributed by atoms with Crippen LogP contribution in [0.5, 0.6) is 0 Å². The van der Waals surface area contributed by atoms with Gasteiger partial charge in [-0.25, -0.2) is 0 Å². The molecule has 0 saturated heterocycles.